The summed E-state index contributed by atoms with van der Waals surface area (Å²) in [4.78, 5) is 0. The van der Waals surface area contributed by atoms with Gasteiger partial charge in [-0.15, -0.1) is 0 Å². The molecule has 0 saturated heterocycles. The zero-order chi connectivity index (χ0) is 81.5. The third-order valence-corrected chi connectivity index (χ3v) is 34.4. The Kier molecular flexibility index (Phi) is 42.4. The Morgan fingerprint density at radius 3 is 0.591 bits per heavy atom. The molecule has 0 aromatic heterocycles. The molecule has 0 nitrogen and oxygen atoms in total. The minimum Gasteiger partial charge on any atom is -0.0776 e. The largest absolute Gasteiger partial charge is 0.0776 e. The fourth-order valence-electron chi connectivity index (χ4n) is 31.1. The van der Waals surface area contributed by atoms with Crippen LogP contribution >= 0.6 is 0 Å². The lowest BCUT2D eigenvalue weighted by molar-refractivity contribution is 0.0750. The van der Waals surface area contributed by atoms with E-state index in [0.29, 0.717) is 43.3 Å². The van der Waals surface area contributed by atoms with E-state index in [-0.39, 0.29) is 22.3 Å². The van der Waals surface area contributed by atoms with Crippen LogP contribution in [0, 0.1) is 185 Å². The lowest BCUT2D eigenvalue weighted by Crippen LogP contribution is -2.33. The van der Waals surface area contributed by atoms with Gasteiger partial charge in [-0.3, -0.25) is 0 Å². The van der Waals surface area contributed by atoms with Crippen molar-refractivity contribution in [3.8, 4) is 0 Å². The maximum atomic E-state index is 2.42. The third kappa shape index (κ3) is 37.6. The fraction of sp³-hybridized carbons (Fsp3) is 1.00. The van der Waals surface area contributed by atoms with E-state index in [1.54, 1.807) is 186 Å². The van der Waals surface area contributed by atoms with E-state index in [9.17, 15) is 0 Å². The van der Waals surface area contributed by atoms with Crippen LogP contribution < -0.4 is 0 Å². The molecular formula is C115H220. The molecule has 0 heteroatoms. The quantitative estimate of drug-likeness (QED) is 0.227. The molecule has 0 heterocycles. The van der Waals surface area contributed by atoms with Crippen LogP contribution in [0.3, 0.4) is 0 Å². The normalized spacial score (nSPS) is 37.4. The van der Waals surface area contributed by atoms with E-state index in [1.165, 1.54) is 173 Å². The standard InChI is InChI=1S/2C15H28.4C14H26.2C13H24.3CH4/c1-15(2,3)11-13-9-6-8-12-7-4-5-10-14(12)13;1-15(2,3)11-12-8-9-13-6-4-5-7-14(13)10-12;1-14(2,3)10-11-7-8-12-5-4-6-13(12)9-11;2*1-14(2,3)10-11-8-12-6-4-5-7-13(12)9-11;1-14(2,3)10-12-9-8-11-6-4-5-7-13(11)12;1-13(2,3)9-10-7-11-5-4-6-12(11)8-10;1-13(2,3)9-11-8-7-10-5-4-6-12(10)11;;;/h2*12-14H,4-11H2,1-3H3;4*11-13H,4-10H2,1-3H3;2*10-12H,4-9H2,1-3H3;3*1H4. The molecule has 16 fully saturated rings. The van der Waals surface area contributed by atoms with Gasteiger partial charge in [-0.1, -0.05) is 387 Å². The van der Waals surface area contributed by atoms with Crippen molar-refractivity contribution in [3.05, 3.63) is 0 Å². The topological polar surface area (TPSA) is 0 Å². The summed E-state index contributed by atoms with van der Waals surface area (Å²) in [5.41, 5.74) is 4.42. The Hall–Kier alpha value is 0. The van der Waals surface area contributed by atoms with E-state index in [4.69, 9.17) is 0 Å². The highest BCUT2D eigenvalue weighted by molar-refractivity contribution is 4.96. The first-order valence-electron chi connectivity index (χ1n) is 52.4. The van der Waals surface area contributed by atoms with E-state index in [2.05, 4.69) is 166 Å². The zero-order valence-electron chi connectivity index (χ0n) is 81.5. The van der Waals surface area contributed by atoms with Crippen LogP contribution in [0.25, 0.3) is 0 Å². The minimum absolute atomic E-state index is 0. The average Bonchev–Trinajstić information content (AvgIpc) is 1.81. The molecule has 16 saturated carbocycles. The lowest BCUT2D eigenvalue weighted by atomic mass is 9.62. The van der Waals surface area contributed by atoms with Gasteiger partial charge in [0.25, 0.3) is 0 Å². The molecule has 0 aliphatic heterocycles. The highest BCUT2D eigenvalue weighted by Crippen LogP contribution is 2.56. The second-order valence-corrected chi connectivity index (χ2v) is 54.9. The maximum Gasteiger partial charge on any atom is -0.0357 e. The van der Waals surface area contributed by atoms with Gasteiger partial charge in [0.15, 0.2) is 0 Å². The minimum atomic E-state index is 0. The van der Waals surface area contributed by atoms with Crippen LogP contribution in [0.15, 0.2) is 0 Å². The van der Waals surface area contributed by atoms with Crippen molar-refractivity contribution in [3.63, 3.8) is 0 Å². The van der Waals surface area contributed by atoms with E-state index in [1.807, 2.05) is 0 Å². The van der Waals surface area contributed by atoms with Gasteiger partial charge in [0.2, 0.25) is 0 Å². The molecule has 21 unspecified atom stereocenters. The van der Waals surface area contributed by atoms with Crippen LogP contribution in [0.1, 0.15) is 548 Å². The van der Waals surface area contributed by atoms with Gasteiger partial charge in [0.1, 0.15) is 0 Å². The van der Waals surface area contributed by atoms with Crippen LogP contribution in [0.4, 0.5) is 0 Å². The van der Waals surface area contributed by atoms with Gasteiger partial charge in [-0.25, -0.2) is 0 Å². The smallest absolute Gasteiger partial charge is 0.0357 e. The van der Waals surface area contributed by atoms with Gasteiger partial charge in [-0.2, -0.15) is 0 Å². The molecule has 16 aliphatic rings. The SMILES string of the molecule is C.C.C.CC(C)(C)CC1CC2CCCC2C1.CC(C)(C)CC1CC2CCCCC2C1.CC(C)(C)CC1CC2CCCCC2C1.CC(C)(C)CC1CCC2CCCC21.CC(C)(C)CC1CCC2CCCC2C1.CC(C)(C)CC1CCC2CCCCC21.CC(C)(C)CC1CCC2CCCCC2C1.CC(C)(C)CC1CCCC2CCCCC21. The van der Waals surface area contributed by atoms with Gasteiger partial charge in [0.05, 0.1) is 0 Å². The van der Waals surface area contributed by atoms with Crippen LogP contribution in [-0.2, 0) is 0 Å². The second-order valence-electron chi connectivity index (χ2n) is 54.9. The molecular weight excluding hydrogens is 1380 g/mol. The predicted molar refractivity (Wildman–Crippen MR) is 518 cm³/mol. The van der Waals surface area contributed by atoms with Crippen molar-refractivity contribution in [1.82, 2.24) is 0 Å². The molecule has 16 aliphatic carbocycles. The van der Waals surface area contributed by atoms with Crippen molar-refractivity contribution in [1.29, 1.82) is 0 Å². The zero-order valence-corrected chi connectivity index (χ0v) is 81.5. The molecule has 0 amide bonds. The Bertz CT molecular complexity index is 2440. The summed E-state index contributed by atoms with van der Waals surface area (Å²) in [6, 6.07) is 0. The molecule has 680 valence electrons. The van der Waals surface area contributed by atoms with E-state index in [0.717, 1.165) is 142 Å². The molecule has 0 radical (unpaired) electrons. The van der Waals surface area contributed by atoms with E-state index < -0.39 is 0 Å². The van der Waals surface area contributed by atoms with Gasteiger partial charge < -0.3 is 0 Å². The molecule has 0 bridgehead atoms. The van der Waals surface area contributed by atoms with Crippen molar-refractivity contribution in [2.24, 2.45) is 185 Å². The summed E-state index contributed by atoms with van der Waals surface area (Å²) < 4.78 is 0. The van der Waals surface area contributed by atoms with Crippen molar-refractivity contribution < 1.29 is 0 Å². The van der Waals surface area contributed by atoms with E-state index >= 15 is 0 Å². The average molecular weight is 1600 g/mol. The van der Waals surface area contributed by atoms with Gasteiger partial charge >= 0.3 is 0 Å². The van der Waals surface area contributed by atoms with Crippen LogP contribution in [-0.4, -0.2) is 0 Å². The predicted octanol–water partition coefficient (Wildman–Crippen LogP) is 39.0. The first-order chi connectivity index (χ1) is 52.4. The Balaban J connectivity index is 0.000000204. The first-order valence-corrected chi connectivity index (χ1v) is 52.4. The maximum absolute atomic E-state index is 2.42. The van der Waals surface area contributed by atoms with Crippen molar-refractivity contribution in [2.45, 2.75) is 548 Å². The summed E-state index contributed by atoms with van der Waals surface area (Å²) in [5, 5.41) is 0. The van der Waals surface area contributed by atoms with Crippen LogP contribution in [0.2, 0.25) is 0 Å². The van der Waals surface area contributed by atoms with Gasteiger partial charge in [-0.05, 0) is 346 Å². The summed E-state index contributed by atoms with van der Waals surface area (Å²) >= 11 is 0. The van der Waals surface area contributed by atoms with Crippen molar-refractivity contribution in [2.75, 3.05) is 0 Å². The monoisotopic (exact) mass is 1600 g/mol. The summed E-state index contributed by atoms with van der Waals surface area (Å²) in [5.74, 6) is 26.4. The van der Waals surface area contributed by atoms with Crippen LogP contribution in [0.5, 0.6) is 0 Å². The van der Waals surface area contributed by atoms with Crippen molar-refractivity contribution >= 4 is 0 Å². The molecule has 0 aromatic rings. The Labute approximate surface area is 728 Å². The Morgan fingerprint density at radius 1 is 0.139 bits per heavy atom. The highest BCUT2D eigenvalue weighted by Gasteiger charge is 2.45. The van der Waals surface area contributed by atoms with Gasteiger partial charge in [0, 0.05) is 0 Å². The lowest BCUT2D eigenvalue weighted by Gasteiger charge is -2.43. The number of fused-ring (bicyclic) bond motifs is 8. The third-order valence-electron chi connectivity index (χ3n) is 34.4. The first kappa shape index (κ1) is 104. The second kappa shape index (κ2) is 47.0. The molecule has 0 spiro atoms. The Morgan fingerprint density at radius 2 is 0.304 bits per heavy atom. The molecule has 16 rings (SSSR count). The molecule has 0 aromatic carbocycles. The summed E-state index contributed by atoms with van der Waals surface area (Å²) in [6.07, 6.45) is 85.5. The fourth-order valence-corrected chi connectivity index (χ4v) is 31.1. The summed E-state index contributed by atoms with van der Waals surface area (Å²) in [6.45, 7) is 57.6. The summed E-state index contributed by atoms with van der Waals surface area (Å²) in [7, 11) is 0. The number of hydrogen-bond acceptors (Lipinski definition) is 0. The highest BCUT2D eigenvalue weighted by atomic mass is 14.5. The molecule has 0 N–H and O–H groups in total. The molecule has 21 atom stereocenters. The number of rotatable bonds is 8. The number of hydrogen-bond donors (Lipinski definition) is 0. The molecule has 115 heavy (non-hydrogen) atoms.